The lowest BCUT2D eigenvalue weighted by Crippen LogP contribution is -2.71. The Balaban J connectivity index is 1.48. The minimum atomic E-state index is -1.23. The van der Waals surface area contributed by atoms with Gasteiger partial charge in [-0.1, -0.05) is 5.16 Å². The number of β-lactam (4-membered cyclic amide) rings is 1. The molecule has 0 saturated carbocycles. The molecule has 3 aliphatic rings. The Hall–Kier alpha value is -3.04. The highest BCUT2D eigenvalue weighted by atomic mass is 32.2. The number of nitrogens with two attached hydrogens (primary N) is 1. The Morgan fingerprint density at radius 3 is 2.88 bits per heavy atom. The van der Waals surface area contributed by atoms with E-state index in [2.05, 4.69) is 15.5 Å². The molecule has 0 bridgehead atoms. The number of thioether (sulfide) groups is 2. The van der Waals surface area contributed by atoms with Crippen molar-refractivity contribution in [3.63, 3.8) is 0 Å². The van der Waals surface area contributed by atoms with Crippen molar-refractivity contribution in [3.8, 4) is 0 Å². The van der Waals surface area contributed by atoms with Gasteiger partial charge in [0.2, 0.25) is 0 Å². The highest BCUT2D eigenvalue weighted by Crippen LogP contribution is 2.41. The molecule has 4 N–H and O–H groups in total. The molecule has 2 atom stereocenters. The molecule has 1 fully saturated rings. The molecular weight excluding hydrogens is 494 g/mol. The lowest BCUT2D eigenvalue weighted by atomic mass is 10.0. The lowest BCUT2D eigenvalue weighted by molar-refractivity contribution is -0.150. The number of carbonyl (C=O) groups is 4. The maximum absolute atomic E-state index is 12.8. The van der Waals surface area contributed by atoms with E-state index in [0.717, 1.165) is 11.3 Å². The number of thiazole rings is 1. The number of fused-ring (bicyclic) bond motifs is 1. The van der Waals surface area contributed by atoms with E-state index in [9.17, 15) is 24.3 Å². The predicted octanol–water partition coefficient (Wildman–Crippen LogP) is -0.0117. The van der Waals surface area contributed by atoms with Gasteiger partial charge in [0, 0.05) is 27.9 Å². The summed E-state index contributed by atoms with van der Waals surface area (Å²) in [4.78, 5) is 59.3. The summed E-state index contributed by atoms with van der Waals surface area (Å²) >= 11 is 3.75. The van der Waals surface area contributed by atoms with Crippen LogP contribution in [0.3, 0.4) is 0 Å². The number of hydrogen-bond acceptors (Lipinski definition) is 12. The Kier molecular flexibility index (Phi) is 6.62. The highest BCUT2D eigenvalue weighted by molar-refractivity contribution is 8.03. The molecule has 4 rings (SSSR count). The van der Waals surface area contributed by atoms with Crippen LogP contribution in [0.5, 0.6) is 0 Å². The molecular formula is C18H17N5O7S3. The number of aromatic nitrogens is 1. The van der Waals surface area contributed by atoms with Gasteiger partial charge >= 0.3 is 11.9 Å². The van der Waals surface area contributed by atoms with Crippen LogP contribution in [0, 0.1) is 0 Å². The first kappa shape index (κ1) is 23.1. The second-order valence-corrected chi connectivity index (χ2v) is 9.92. The largest absolute Gasteiger partial charge is 0.477 e. The van der Waals surface area contributed by atoms with Gasteiger partial charge in [0.25, 0.3) is 11.8 Å². The minimum Gasteiger partial charge on any atom is -0.477 e. The van der Waals surface area contributed by atoms with E-state index in [1.165, 1.54) is 47.0 Å². The van der Waals surface area contributed by atoms with Crippen LogP contribution in [-0.2, 0) is 28.8 Å². The third-order valence-electron chi connectivity index (χ3n) is 4.77. The molecule has 15 heteroatoms. The van der Waals surface area contributed by atoms with Crippen LogP contribution in [0.25, 0.3) is 0 Å². The summed E-state index contributed by atoms with van der Waals surface area (Å²) in [5.41, 5.74) is 6.11. The number of aliphatic carboxylic acids is 1. The normalized spacial score (nSPS) is 22.4. The van der Waals surface area contributed by atoms with Crippen molar-refractivity contribution < 1.29 is 33.9 Å². The summed E-state index contributed by atoms with van der Waals surface area (Å²) in [6, 6.07) is -0.937. The van der Waals surface area contributed by atoms with Crippen LogP contribution < -0.4 is 11.1 Å². The Labute approximate surface area is 199 Å². The molecule has 0 aromatic carbocycles. The molecule has 33 heavy (non-hydrogen) atoms. The van der Waals surface area contributed by atoms with Crippen LogP contribution in [0.4, 0.5) is 5.13 Å². The molecule has 1 aromatic heterocycles. The molecule has 0 aliphatic carbocycles. The second kappa shape index (κ2) is 9.44. The first-order chi connectivity index (χ1) is 15.8. The fraction of sp³-hybridized carbons (Fsp3) is 0.333. The van der Waals surface area contributed by atoms with Crippen molar-refractivity contribution in [1.29, 1.82) is 0 Å². The van der Waals surface area contributed by atoms with E-state index < -0.39 is 35.2 Å². The standard InChI is InChI=1S/C18H17N5O7S3/c1-29-22-11(9-6-33-18(19)20-9)14(25)21-12-15(26)23-13(17(27)28)7(5-32-16(12)23)4-31-8-2-10(24)30-3-8/h2,6,12,16H,3-5H2,1H3,(H2,19,20)(H,21,25)(H,27,28)/t12-,16+/m1/s1. The SMILES string of the molecule is CON=C(C(=O)N[C@@H]1C(=O)N2C(C(=O)O)=C(CSC3=CC(=O)OC3)CS[C@@H]12)c1csc(N)n1. The van der Waals surface area contributed by atoms with Crippen LogP contribution in [0.2, 0.25) is 0 Å². The molecule has 0 spiro atoms. The summed E-state index contributed by atoms with van der Waals surface area (Å²) in [6.45, 7) is 0.154. The number of esters is 1. The van der Waals surface area contributed by atoms with Crippen LogP contribution >= 0.6 is 34.9 Å². The second-order valence-electron chi connectivity index (χ2n) is 6.82. The number of carbonyl (C=O) groups excluding carboxylic acids is 3. The first-order valence-electron chi connectivity index (χ1n) is 9.33. The van der Waals surface area contributed by atoms with Gasteiger partial charge in [-0.2, -0.15) is 0 Å². The van der Waals surface area contributed by atoms with Crippen LogP contribution in [-0.4, -0.2) is 81.1 Å². The summed E-state index contributed by atoms with van der Waals surface area (Å²) < 4.78 is 4.84. The molecule has 1 saturated heterocycles. The Bertz CT molecular complexity index is 1130. The number of carboxylic acids is 1. The molecule has 1 aromatic rings. The average Bonchev–Trinajstić information content (AvgIpc) is 3.40. The summed E-state index contributed by atoms with van der Waals surface area (Å²) in [5.74, 6) is -2.27. The summed E-state index contributed by atoms with van der Waals surface area (Å²) in [6.07, 6.45) is 1.36. The van der Waals surface area contributed by atoms with Gasteiger partial charge in [-0.25, -0.2) is 14.6 Å². The van der Waals surface area contributed by atoms with Gasteiger partial charge < -0.3 is 25.7 Å². The smallest absolute Gasteiger partial charge is 0.352 e. The monoisotopic (exact) mass is 511 g/mol. The van der Waals surface area contributed by atoms with Crippen molar-refractivity contribution in [1.82, 2.24) is 15.2 Å². The molecule has 3 aliphatic heterocycles. The number of nitrogens with one attached hydrogen (secondary N) is 1. The summed E-state index contributed by atoms with van der Waals surface area (Å²) in [5, 5.41) is 17.2. The zero-order chi connectivity index (χ0) is 23.7. The van der Waals surface area contributed by atoms with Crippen molar-refractivity contribution >= 4 is 69.5 Å². The number of rotatable bonds is 8. The lowest BCUT2D eigenvalue weighted by Gasteiger charge is -2.49. The fourth-order valence-corrected chi connectivity index (χ4v) is 6.26. The fourth-order valence-electron chi connectivity index (χ4n) is 3.32. The number of ether oxygens (including phenoxy) is 1. The zero-order valence-electron chi connectivity index (χ0n) is 17.0. The van der Waals surface area contributed by atoms with E-state index in [1.54, 1.807) is 0 Å². The Morgan fingerprint density at radius 1 is 1.48 bits per heavy atom. The van der Waals surface area contributed by atoms with Gasteiger partial charge in [-0.05, 0) is 5.57 Å². The van der Waals surface area contributed by atoms with Crippen molar-refractivity contribution in [3.05, 3.63) is 33.3 Å². The van der Waals surface area contributed by atoms with Crippen molar-refractivity contribution in [2.24, 2.45) is 5.16 Å². The molecule has 12 nitrogen and oxygen atoms in total. The molecule has 0 radical (unpaired) electrons. The molecule has 0 unspecified atom stereocenters. The number of oxime groups is 1. The van der Waals surface area contributed by atoms with E-state index in [1.807, 2.05) is 0 Å². The van der Waals surface area contributed by atoms with Crippen LogP contribution in [0.1, 0.15) is 5.69 Å². The molecule has 174 valence electrons. The quantitative estimate of drug-likeness (QED) is 0.185. The number of cyclic esters (lactones) is 1. The number of hydrogen-bond donors (Lipinski definition) is 3. The number of nitrogen functional groups attached to an aromatic ring is 1. The zero-order valence-corrected chi connectivity index (χ0v) is 19.4. The van der Waals surface area contributed by atoms with Gasteiger partial charge in [-0.3, -0.25) is 14.5 Å². The van der Waals surface area contributed by atoms with Crippen LogP contribution in [0.15, 0.2) is 32.8 Å². The van der Waals surface area contributed by atoms with E-state index >= 15 is 0 Å². The van der Waals surface area contributed by atoms with Gasteiger partial charge in [-0.15, -0.1) is 34.9 Å². The third-order valence-corrected chi connectivity index (χ3v) is 7.88. The maximum atomic E-state index is 12.8. The van der Waals surface area contributed by atoms with Crippen molar-refractivity contribution in [2.75, 3.05) is 31.0 Å². The molecule has 4 heterocycles. The van der Waals surface area contributed by atoms with Crippen molar-refractivity contribution in [2.45, 2.75) is 11.4 Å². The maximum Gasteiger partial charge on any atom is 0.352 e. The van der Waals surface area contributed by atoms with E-state index in [4.69, 9.17) is 15.3 Å². The minimum absolute atomic E-state index is 0.106. The predicted molar refractivity (Wildman–Crippen MR) is 121 cm³/mol. The topological polar surface area (TPSA) is 174 Å². The third kappa shape index (κ3) is 4.56. The number of amides is 2. The Morgan fingerprint density at radius 2 is 2.27 bits per heavy atom. The van der Waals surface area contributed by atoms with Gasteiger partial charge in [0.15, 0.2) is 10.8 Å². The van der Waals surface area contributed by atoms with Gasteiger partial charge in [0.05, 0.1) is 0 Å². The first-order valence-corrected chi connectivity index (χ1v) is 12.2. The summed E-state index contributed by atoms with van der Waals surface area (Å²) in [7, 11) is 1.27. The van der Waals surface area contributed by atoms with E-state index in [-0.39, 0.29) is 28.8 Å². The number of carboxylic acid groups (broad SMARTS) is 1. The van der Waals surface area contributed by atoms with Gasteiger partial charge in [0.1, 0.15) is 36.5 Å². The average molecular weight is 512 g/mol. The number of anilines is 1. The highest BCUT2D eigenvalue weighted by Gasteiger charge is 2.54. The van der Waals surface area contributed by atoms with E-state index in [0.29, 0.717) is 22.0 Å². The number of nitrogens with zero attached hydrogens (tertiary/aromatic N) is 3. The molecule has 2 amide bonds.